The minimum Gasteiger partial charge on any atom is -0.313 e. The third kappa shape index (κ3) is 5.86. The van der Waals surface area contributed by atoms with Gasteiger partial charge in [0.2, 0.25) is 0 Å². The quantitative estimate of drug-likeness (QED) is 0.686. The fourth-order valence-electron chi connectivity index (χ4n) is 2.16. The zero-order valence-electron chi connectivity index (χ0n) is 12.4. The summed E-state index contributed by atoms with van der Waals surface area (Å²) in [6.45, 7) is 18.3. The summed E-state index contributed by atoms with van der Waals surface area (Å²) in [5.41, 5.74) is 0. The van der Waals surface area contributed by atoms with Crippen molar-refractivity contribution in [3.8, 4) is 0 Å². The second-order valence-corrected chi connectivity index (χ2v) is 5.71. The fraction of sp³-hybridized carbons (Fsp3) is 1.00. The van der Waals surface area contributed by atoms with Crippen LogP contribution in [0.3, 0.4) is 0 Å². The van der Waals surface area contributed by atoms with Gasteiger partial charge in [0.05, 0.1) is 0 Å². The third-order valence-electron chi connectivity index (χ3n) is 3.08. The van der Waals surface area contributed by atoms with Crippen molar-refractivity contribution < 1.29 is 0 Å². The standard InChI is InChI=1S/C14H32N2/c1-8-9-16(13(6)7)14(11(2)3)10-15-12(4)5/h11-15H,8-10H2,1-7H3. The minimum absolute atomic E-state index is 0.580. The highest BCUT2D eigenvalue weighted by Crippen LogP contribution is 2.14. The number of hydrogen-bond donors (Lipinski definition) is 1. The molecule has 1 unspecified atom stereocenters. The van der Waals surface area contributed by atoms with E-state index in [9.17, 15) is 0 Å². The molecule has 1 atom stereocenters. The molecule has 2 heteroatoms. The second kappa shape index (κ2) is 8.08. The Balaban J connectivity index is 4.45. The van der Waals surface area contributed by atoms with Gasteiger partial charge in [-0.1, -0.05) is 34.6 Å². The molecule has 0 aliphatic carbocycles. The predicted octanol–water partition coefficient (Wildman–Crippen LogP) is 3.13. The zero-order valence-corrected chi connectivity index (χ0v) is 12.4. The van der Waals surface area contributed by atoms with Crippen LogP contribution in [-0.4, -0.2) is 36.1 Å². The van der Waals surface area contributed by atoms with Gasteiger partial charge in [0.25, 0.3) is 0 Å². The van der Waals surface area contributed by atoms with Crippen LogP contribution in [-0.2, 0) is 0 Å². The van der Waals surface area contributed by atoms with Gasteiger partial charge in [-0.25, -0.2) is 0 Å². The molecule has 0 aromatic rings. The summed E-state index contributed by atoms with van der Waals surface area (Å²) in [5.74, 6) is 0.709. The number of nitrogens with one attached hydrogen (secondary N) is 1. The normalized spacial score (nSPS) is 14.4. The van der Waals surface area contributed by atoms with Crippen molar-refractivity contribution in [3.63, 3.8) is 0 Å². The van der Waals surface area contributed by atoms with Crippen molar-refractivity contribution in [1.82, 2.24) is 10.2 Å². The molecule has 0 amide bonds. The first-order valence-corrected chi connectivity index (χ1v) is 6.89. The Morgan fingerprint density at radius 2 is 1.56 bits per heavy atom. The van der Waals surface area contributed by atoms with Crippen molar-refractivity contribution in [1.29, 1.82) is 0 Å². The van der Waals surface area contributed by atoms with E-state index in [1.807, 2.05) is 0 Å². The van der Waals surface area contributed by atoms with E-state index in [0.29, 0.717) is 24.0 Å². The first kappa shape index (κ1) is 15.9. The molecule has 0 radical (unpaired) electrons. The average Bonchev–Trinajstić information content (AvgIpc) is 2.15. The molecule has 0 fully saturated rings. The monoisotopic (exact) mass is 228 g/mol. The molecule has 0 aromatic carbocycles. The lowest BCUT2D eigenvalue weighted by atomic mass is 10.00. The molecule has 2 nitrogen and oxygen atoms in total. The first-order valence-electron chi connectivity index (χ1n) is 6.89. The molecule has 98 valence electrons. The molecule has 0 rings (SSSR count). The van der Waals surface area contributed by atoms with Crippen LogP contribution in [0.15, 0.2) is 0 Å². The maximum atomic E-state index is 3.58. The Morgan fingerprint density at radius 1 is 1.00 bits per heavy atom. The lowest BCUT2D eigenvalue weighted by molar-refractivity contribution is 0.114. The Morgan fingerprint density at radius 3 is 1.88 bits per heavy atom. The zero-order chi connectivity index (χ0) is 12.7. The molecular formula is C14H32N2. The van der Waals surface area contributed by atoms with E-state index < -0.39 is 0 Å². The van der Waals surface area contributed by atoms with Gasteiger partial charge >= 0.3 is 0 Å². The largest absolute Gasteiger partial charge is 0.313 e. The van der Waals surface area contributed by atoms with Crippen molar-refractivity contribution in [2.45, 2.75) is 73.0 Å². The van der Waals surface area contributed by atoms with Crippen LogP contribution in [0.2, 0.25) is 0 Å². The molecule has 0 aliphatic heterocycles. The van der Waals surface area contributed by atoms with Crippen molar-refractivity contribution in [2.75, 3.05) is 13.1 Å². The average molecular weight is 228 g/mol. The molecule has 1 N–H and O–H groups in total. The molecule has 0 saturated carbocycles. The van der Waals surface area contributed by atoms with Gasteiger partial charge in [-0.15, -0.1) is 0 Å². The van der Waals surface area contributed by atoms with Crippen LogP contribution in [0.1, 0.15) is 54.9 Å². The number of rotatable bonds is 8. The van der Waals surface area contributed by atoms with E-state index in [1.165, 1.54) is 13.0 Å². The van der Waals surface area contributed by atoms with Crippen LogP contribution >= 0.6 is 0 Å². The summed E-state index contributed by atoms with van der Waals surface area (Å²) < 4.78 is 0. The third-order valence-corrected chi connectivity index (χ3v) is 3.08. The molecule has 16 heavy (non-hydrogen) atoms. The van der Waals surface area contributed by atoms with E-state index in [2.05, 4.69) is 58.7 Å². The highest BCUT2D eigenvalue weighted by Gasteiger charge is 2.23. The lowest BCUT2D eigenvalue weighted by Crippen LogP contribution is -2.50. The maximum absolute atomic E-state index is 3.58. The van der Waals surface area contributed by atoms with Crippen LogP contribution in [0.25, 0.3) is 0 Å². The highest BCUT2D eigenvalue weighted by molar-refractivity contribution is 4.80. The summed E-state index contributed by atoms with van der Waals surface area (Å²) in [4.78, 5) is 2.64. The Bertz CT molecular complexity index is 164. The smallest absolute Gasteiger partial charge is 0.0246 e. The van der Waals surface area contributed by atoms with Gasteiger partial charge in [-0.05, 0) is 32.7 Å². The van der Waals surface area contributed by atoms with E-state index in [0.717, 1.165) is 6.54 Å². The van der Waals surface area contributed by atoms with Crippen LogP contribution in [0.5, 0.6) is 0 Å². The van der Waals surface area contributed by atoms with E-state index in [1.54, 1.807) is 0 Å². The van der Waals surface area contributed by atoms with Gasteiger partial charge in [-0.2, -0.15) is 0 Å². The Kier molecular flexibility index (Phi) is 8.04. The molecule has 0 spiro atoms. The van der Waals surface area contributed by atoms with Gasteiger partial charge in [-0.3, -0.25) is 4.90 Å². The first-order chi connectivity index (χ1) is 7.40. The van der Waals surface area contributed by atoms with Crippen LogP contribution in [0.4, 0.5) is 0 Å². The van der Waals surface area contributed by atoms with E-state index >= 15 is 0 Å². The number of hydrogen-bond acceptors (Lipinski definition) is 2. The Labute approximate surface area is 103 Å². The van der Waals surface area contributed by atoms with Crippen molar-refractivity contribution >= 4 is 0 Å². The van der Waals surface area contributed by atoms with Crippen molar-refractivity contribution in [2.24, 2.45) is 5.92 Å². The Hall–Kier alpha value is -0.0800. The number of nitrogens with zero attached hydrogens (tertiary/aromatic N) is 1. The van der Waals surface area contributed by atoms with Crippen LogP contribution < -0.4 is 5.32 Å². The van der Waals surface area contributed by atoms with Crippen molar-refractivity contribution in [3.05, 3.63) is 0 Å². The van der Waals surface area contributed by atoms with E-state index in [-0.39, 0.29) is 0 Å². The molecule has 0 aliphatic rings. The summed E-state index contributed by atoms with van der Waals surface area (Å²) in [6, 6.07) is 1.88. The van der Waals surface area contributed by atoms with Gasteiger partial charge < -0.3 is 5.32 Å². The minimum atomic E-state index is 0.580. The summed E-state index contributed by atoms with van der Waals surface area (Å²) >= 11 is 0. The SMILES string of the molecule is CCCN(C(C)C)C(CNC(C)C)C(C)C. The topological polar surface area (TPSA) is 15.3 Å². The summed E-state index contributed by atoms with van der Waals surface area (Å²) in [6.07, 6.45) is 1.24. The van der Waals surface area contributed by atoms with Crippen LogP contribution in [0, 0.1) is 5.92 Å². The molecule has 0 bridgehead atoms. The lowest BCUT2D eigenvalue weighted by Gasteiger charge is -2.38. The predicted molar refractivity (Wildman–Crippen MR) is 73.9 cm³/mol. The molecular weight excluding hydrogens is 196 g/mol. The fourth-order valence-corrected chi connectivity index (χ4v) is 2.16. The van der Waals surface area contributed by atoms with Gasteiger partial charge in [0.1, 0.15) is 0 Å². The molecule has 0 heterocycles. The maximum Gasteiger partial charge on any atom is 0.0246 e. The van der Waals surface area contributed by atoms with Gasteiger partial charge in [0.15, 0.2) is 0 Å². The molecule has 0 saturated heterocycles. The summed E-state index contributed by atoms with van der Waals surface area (Å²) in [5, 5.41) is 3.58. The summed E-state index contributed by atoms with van der Waals surface area (Å²) in [7, 11) is 0. The highest BCUT2D eigenvalue weighted by atomic mass is 15.2. The molecule has 0 aromatic heterocycles. The van der Waals surface area contributed by atoms with E-state index in [4.69, 9.17) is 0 Å². The van der Waals surface area contributed by atoms with Gasteiger partial charge in [0, 0.05) is 24.7 Å². The second-order valence-electron chi connectivity index (χ2n) is 5.71.